The van der Waals surface area contributed by atoms with Crippen molar-refractivity contribution in [3.05, 3.63) is 158 Å². The van der Waals surface area contributed by atoms with Crippen molar-refractivity contribution in [1.29, 1.82) is 0 Å². The van der Waals surface area contributed by atoms with Crippen LogP contribution in [0.3, 0.4) is 0 Å². The van der Waals surface area contributed by atoms with Gasteiger partial charge in [0.05, 0.1) is 0 Å². The van der Waals surface area contributed by atoms with E-state index in [1.54, 1.807) is 0 Å². The number of pyridine rings is 1. The van der Waals surface area contributed by atoms with Gasteiger partial charge in [-0.25, -0.2) is 15.0 Å². The highest BCUT2D eigenvalue weighted by Crippen LogP contribution is 2.39. The predicted molar refractivity (Wildman–Crippen MR) is 189 cm³/mol. The number of hydrogen-bond acceptors (Lipinski definition) is 4. The first-order chi connectivity index (χ1) is 22.8. The molecular weight excluding hydrogens is 560 g/mol. The summed E-state index contributed by atoms with van der Waals surface area (Å²) in [4.78, 5) is 19.5. The van der Waals surface area contributed by atoms with Crippen LogP contribution >= 0.6 is 0 Å². The fraction of sp³-hybridized carbons (Fsp3) is 0. The topological polar surface area (TPSA) is 51.6 Å². The molecule has 9 rings (SSSR count). The number of hydrogen-bond donors (Lipinski definition) is 0. The van der Waals surface area contributed by atoms with Crippen LogP contribution in [0.5, 0.6) is 0 Å². The molecule has 2 aromatic heterocycles. The molecule has 4 nitrogen and oxygen atoms in total. The number of aromatic nitrogens is 4. The van der Waals surface area contributed by atoms with Gasteiger partial charge in [0.15, 0.2) is 17.5 Å². The summed E-state index contributed by atoms with van der Waals surface area (Å²) < 4.78 is 0. The third kappa shape index (κ3) is 4.47. The van der Waals surface area contributed by atoms with Crippen LogP contribution in [0.4, 0.5) is 0 Å². The molecule has 214 valence electrons. The van der Waals surface area contributed by atoms with Crippen molar-refractivity contribution in [1.82, 2.24) is 19.9 Å². The minimum Gasteiger partial charge on any atom is -0.265 e. The van der Waals surface area contributed by atoms with Crippen molar-refractivity contribution >= 4 is 32.3 Å². The molecule has 0 atom stereocenters. The fourth-order valence-corrected chi connectivity index (χ4v) is 6.51. The molecule has 0 aliphatic carbocycles. The van der Waals surface area contributed by atoms with E-state index in [2.05, 4.69) is 132 Å². The van der Waals surface area contributed by atoms with E-state index in [1.165, 1.54) is 26.9 Å². The van der Waals surface area contributed by atoms with E-state index in [9.17, 15) is 0 Å². The zero-order valence-electron chi connectivity index (χ0n) is 24.8. The second-order valence-corrected chi connectivity index (χ2v) is 11.5. The second-order valence-electron chi connectivity index (χ2n) is 11.5. The molecule has 0 bridgehead atoms. The highest BCUT2D eigenvalue weighted by molar-refractivity contribution is 6.25. The number of nitrogens with zero attached hydrogens (tertiary/aromatic N) is 4. The molecule has 0 spiro atoms. The predicted octanol–water partition coefficient (Wildman–Crippen LogP) is 10.5. The lowest BCUT2D eigenvalue weighted by Gasteiger charge is -2.14. The van der Waals surface area contributed by atoms with Gasteiger partial charge in [-0.3, -0.25) is 4.98 Å². The first-order valence-corrected chi connectivity index (χ1v) is 15.4. The molecule has 0 saturated carbocycles. The normalized spacial score (nSPS) is 11.5. The molecule has 0 aliphatic rings. The van der Waals surface area contributed by atoms with E-state index in [0.29, 0.717) is 17.5 Å². The van der Waals surface area contributed by atoms with Gasteiger partial charge in [0, 0.05) is 29.1 Å². The first kappa shape index (κ1) is 26.2. The molecule has 0 amide bonds. The molecule has 7 aromatic carbocycles. The van der Waals surface area contributed by atoms with Gasteiger partial charge in [-0.1, -0.05) is 121 Å². The molecule has 46 heavy (non-hydrogen) atoms. The van der Waals surface area contributed by atoms with Crippen LogP contribution in [0.15, 0.2) is 158 Å². The Bertz CT molecular complexity index is 2490. The maximum absolute atomic E-state index is 5.15. The SMILES string of the molecule is c1ccc(-c2cccc(-c3nc(-c4ccc(-c5ccncc5)cc4)nc(-c4ccc5ccc6cccc7ccc4c5c67)n3)c2)cc1. The van der Waals surface area contributed by atoms with Gasteiger partial charge in [0.25, 0.3) is 0 Å². The molecule has 0 saturated heterocycles. The Morgan fingerprint density at radius 3 is 1.65 bits per heavy atom. The third-order valence-corrected chi connectivity index (χ3v) is 8.79. The Hall–Kier alpha value is -6.26. The van der Waals surface area contributed by atoms with Crippen LogP contribution in [0.2, 0.25) is 0 Å². The maximum atomic E-state index is 5.15. The molecule has 4 heteroatoms. The Labute approximate surface area is 266 Å². The third-order valence-electron chi connectivity index (χ3n) is 8.79. The van der Waals surface area contributed by atoms with E-state index in [1.807, 2.05) is 30.6 Å². The Kier molecular flexibility index (Phi) is 6.10. The Balaban J connectivity index is 1.25. The van der Waals surface area contributed by atoms with Crippen molar-refractivity contribution in [3.8, 4) is 56.4 Å². The van der Waals surface area contributed by atoms with Crippen molar-refractivity contribution < 1.29 is 0 Å². The minimum atomic E-state index is 0.636. The van der Waals surface area contributed by atoms with Gasteiger partial charge >= 0.3 is 0 Å². The van der Waals surface area contributed by atoms with Crippen LogP contribution in [-0.4, -0.2) is 19.9 Å². The molecule has 0 aliphatic heterocycles. The van der Waals surface area contributed by atoms with Crippen LogP contribution in [0.1, 0.15) is 0 Å². The summed E-state index contributed by atoms with van der Waals surface area (Å²) in [6.07, 6.45) is 3.63. The molecule has 0 unspecified atom stereocenters. The van der Waals surface area contributed by atoms with E-state index >= 15 is 0 Å². The summed E-state index contributed by atoms with van der Waals surface area (Å²) in [7, 11) is 0. The van der Waals surface area contributed by atoms with Gasteiger partial charge in [-0.2, -0.15) is 0 Å². The monoisotopic (exact) mass is 586 g/mol. The zero-order chi connectivity index (χ0) is 30.5. The zero-order valence-corrected chi connectivity index (χ0v) is 24.8. The summed E-state index contributed by atoms with van der Waals surface area (Å²) in [6.45, 7) is 0. The van der Waals surface area contributed by atoms with Crippen LogP contribution in [-0.2, 0) is 0 Å². The smallest absolute Gasteiger partial charge is 0.164 e. The van der Waals surface area contributed by atoms with E-state index in [0.717, 1.165) is 44.3 Å². The highest BCUT2D eigenvalue weighted by Gasteiger charge is 2.17. The molecule has 0 radical (unpaired) electrons. The number of benzene rings is 7. The summed E-state index contributed by atoms with van der Waals surface area (Å²) >= 11 is 0. The molecule has 2 heterocycles. The van der Waals surface area contributed by atoms with E-state index < -0.39 is 0 Å². The molecular formula is C42H26N4. The van der Waals surface area contributed by atoms with E-state index in [-0.39, 0.29) is 0 Å². The largest absolute Gasteiger partial charge is 0.265 e. The van der Waals surface area contributed by atoms with Gasteiger partial charge in [0.2, 0.25) is 0 Å². The summed E-state index contributed by atoms with van der Waals surface area (Å²) in [5.74, 6) is 1.93. The van der Waals surface area contributed by atoms with Crippen LogP contribution in [0.25, 0.3) is 88.7 Å². The average Bonchev–Trinajstić information content (AvgIpc) is 3.14. The summed E-state index contributed by atoms with van der Waals surface area (Å²) in [5, 5.41) is 7.32. The summed E-state index contributed by atoms with van der Waals surface area (Å²) in [6, 6.07) is 50.9. The average molecular weight is 587 g/mol. The van der Waals surface area contributed by atoms with Crippen molar-refractivity contribution in [2.45, 2.75) is 0 Å². The van der Waals surface area contributed by atoms with E-state index in [4.69, 9.17) is 15.0 Å². The minimum absolute atomic E-state index is 0.636. The highest BCUT2D eigenvalue weighted by atomic mass is 15.0. The lowest BCUT2D eigenvalue weighted by atomic mass is 9.92. The van der Waals surface area contributed by atoms with Crippen molar-refractivity contribution in [3.63, 3.8) is 0 Å². The van der Waals surface area contributed by atoms with Crippen LogP contribution in [0, 0.1) is 0 Å². The van der Waals surface area contributed by atoms with Gasteiger partial charge in [-0.05, 0) is 78.8 Å². The van der Waals surface area contributed by atoms with Gasteiger partial charge in [0.1, 0.15) is 0 Å². The standard InChI is InChI=1S/C42H26N4/c1-2-6-27(7-3-1)34-10-5-11-35(26-34)41-44-40(33-16-12-28(13-17-33)29-22-24-43-25-23-29)45-42(46-41)37-21-19-32-15-14-30-8-4-9-31-18-20-36(37)39(32)38(30)31/h1-26H. The summed E-state index contributed by atoms with van der Waals surface area (Å²) in [5.41, 5.74) is 7.36. The number of rotatable bonds is 5. The van der Waals surface area contributed by atoms with Crippen molar-refractivity contribution in [2.75, 3.05) is 0 Å². The maximum Gasteiger partial charge on any atom is 0.164 e. The Morgan fingerprint density at radius 2 is 0.870 bits per heavy atom. The molecule has 9 aromatic rings. The first-order valence-electron chi connectivity index (χ1n) is 15.4. The second kappa shape index (κ2) is 10.7. The Morgan fingerprint density at radius 1 is 0.326 bits per heavy atom. The fourth-order valence-electron chi connectivity index (χ4n) is 6.51. The van der Waals surface area contributed by atoms with Gasteiger partial charge < -0.3 is 0 Å². The lowest BCUT2D eigenvalue weighted by molar-refractivity contribution is 1.08. The molecule has 0 N–H and O–H groups in total. The molecule has 0 fully saturated rings. The quantitative estimate of drug-likeness (QED) is 0.188. The lowest BCUT2D eigenvalue weighted by Crippen LogP contribution is -2.01. The van der Waals surface area contributed by atoms with Crippen molar-refractivity contribution in [2.24, 2.45) is 0 Å². The van der Waals surface area contributed by atoms with Crippen LogP contribution < -0.4 is 0 Å². The van der Waals surface area contributed by atoms with Gasteiger partial charge in [-0.15, -0.1) is 0 Å².